The average molecular weight is 299 g/mol. The Labute approximate surface area is 124 Å². The van der Waals surface area contributed by atoms with Gasteiger partial charge in [-0.1, -0.05) is 12.1 Å². The average Bonchev–Trinajstić information content (AvgIpc) is 3.20. The van der Waals surface area contributed by atoms with Crippen LogP contribution in [0.2, 0.25) is 0 Å². The molecule has 0 atom stereocenters. The van der Waals surface area contributed by atoms with Gasteiger partial charge in [-0.05, 0) is 35.2 Å². The van der Waals surface area contributed by atoms with Crippen molar-refractivity contribution < 1.29 is 19.0 Å². The Hall–Kier alpha value is -2.60. The molecule has 4 rings (SSSR count). The summed E-state index contributed by atoms with van der Waals surface area (Å²) in [4.78, 5) is 16.9. The van der Waals surface area contributed by atoms with E-state index >= 15 is 0 Å². The number of thiophene rings is 1. The molecule has 104 valence electrons. The number of hydrogen-bond acceptors (Lipinski definition) is 6. The van der Waals surface area contributed by atoms with E-state index in [1.165, 1.54) is 11.3 Å². The van der Waals surface area contributed by atoms with Gasteiger partial charge in [0.2, 0.25) is 12.7 Å². The lowest BCUT2D eigenvalue weighted by atomic mass is 10.1. The Morgan fingerprint density at radius 3 is 2.95 bits per heavy atom. The third-order valence-electron chi connectivity index (χ3n) is 3.05. The van der Waals surface area contributed by atoms with Gasteiger partial charge in [-0.15, -0.1) is 11.3 Å². The lowest BCUT2D eigenvalue weighted by Gasteiger charge is -1.97. The largest absolute Gasteiger partial charge is 0.454 e. The number of carbonyl (C=O) groups is 1. The van der Waals surface area contributed by atoms with Gasteiger partial charge in [-0.25, -0.2) is 9.79 Å². The standard InChI is InChI=1S/C15H9NO4S/c17-15-10(16-14(20-15)13-2-1-5-21-13)6-9-3-4-11-12(7-9)19-8-18-11/h1-7H,8H2. The molecule has 0 radical (unpaired) electrons. The van der Waals surface area contributed by atoms with Crippen LogP contribution in [0.4, 0.5) is 0 Å². The second-order valence-electron chi connectivity index (χ2n) is 4.43. The number of esters is 1. The first kappa shape index (κ1) is 12.2. The molecule has 3 heterocycles. The number of ether oxygens (including phenoxy) is 3. The molecule has 0 aliphatic carbocycles. The fourth-order valence-electron chi connectivity index (χ4n) is 2.08. The van der Waals surface area contributed by atoms with E-state index in [1.807, 2.05) is 23.6 Å². The maximum atomic E-state index is 11.9. The third kappa shape index (κ3) is 2.19. The van der Waals surface area contributed by atoms with Gasteiger partial charge in [0.05, 0.1) is 4.88 Å². The Morgan fingerprint density at radius 1 is 1.19 bits per heavy atom. The number of carbonyl (C=O) groups excluding carboxylic acids is 1. The molecule has 0 bridgehead atoms. The first-order valence-electron chi connectivity index (χ1n) is 6.26. The molecule has 0 spiro atoms. The van der Waals surface area contributed by atoms with E-state index in [0.717, 1.165) is 10.4 Å². The molecule has 2 aliphatic heterocycles. The maximum absolute atomic E-state index is 11.9. The zero-order chi connectivity index (χ0) is 14.2. The predicted octanol–water partition coefficient (Wildman–Crippen LogP) is 2.82. The Bertz CT molecular complexity index is 777. The van der Waals surface area contributed by atoms with Crippen molar-refractivity contribution in [1.82, 2.24) is 0 Å². The third-order valence-corrected chi connectivity index (χ3v) is 3.91. The van der Waals surface area contributed by atoms with Gasteiger partial charge < -0.3 is 14.2 Å². The van der Waals surface area contributed by atoms with E-state index in [4.69, 9.17) is 14.2 Å². The number of aliphatic imine (C=N–C) groups is 1. The molecular weight excluding hydrogens is 290 g/mol. The fraction of sp³-hybridized carbons (Fsp3) is 0.0667. The van der Waals surface area contributed by atoms with Crippen molar-refractivity contribution in [3.8, 4) is 11.5 Å². The van der Waals surface area contributed by atoms with Crippen LogP contribution in [0, 0.1) is 0 Å². The molecule has 0 N–H and O–H groups in total. The lowest BCUT2D eigenvalue weighted by molar-refractivity contribution is -0.129. The minimum atomic E-state index is -0.448. The van der Waals surface area contributed by atoms with Crippen molar-refractivity contribution in [3.63, 3.8) is 0 Å². The summed E-state index contributed by atoms with van der Waals surface area (Å²) < 4.78 is 15.7. The van der Waals surface area contributed by atoms with Crippen molar-refractivity contribution in [2.24, 2.45) is 4.99 Å². The SMILES string of the molecule is O=C1OC(c2cccs2)=NC1=Cc1ccc2c(c1)OCO2. The maximum Gasteiger partial charge on any atom is 0.363 e. The van der Waals surface area contributed by atoms with Crippen molar-refractivity contribution in [2.75, 3.05) is 6.79 Å². The van der Waals surface area contributed by atoms with Crippen LogP contribution in [0.5, 0.6) is 11.5 Å². The molecule has 0 amide bonds. The lowest BCUT2D eigenvalue weighted by Crippen LogP contribution is -2.03. The smallest absolute Gasteiger partial charge is 0.363 e. The van der Waals surface area contributed by atoms with E-state index in [9.17, 15) is 4.79 Å². The van der Waals surface area contributed by atoms with Crippen LogP contribution < -0.4 is 9.47 Å². The highest BCUT2D eigenvalue weighted by Crippen LogP contribution is 2.33. The van der Waals surface area contributed by atoms with E-state index in [2.05, 4.69) is 4.99 Å². The van der Waals surface area contributed by atoms with Crippen LogP contribution in [-0.4, -0.2) is 18.7 Å². The predicted molar refractivity (Wildman–Crippen MR) is 77.5 cm³/mol. The summed E-state index contributed by atoms with van der Waals surface area (Å²) in [6.45, 7) is 0.220. The van der Waals surface area contributed by atoms with Gasteiger partial charge in [0.25, 0.3) is 0 Å². The number of benzene rings is 1. The minimum absolute atomic E-state index is 0.220. The molecule has 1 aromatic carbocycles. The van der Waals surface area contributed by atoms with E-state index in [0.29, 0.717) is 17.4 Å². The molecular formula is C15H9NO4S. The van der Waals surface area contributed by atoms with E-state index in [1.54, 1.807) is 18.2 Å². The number of cyclic esters (lactones) is 1. The van der Waals surface area contributed by atoms with Crippen LogP contribution in [0.25, 0.3) is 6.08 Å². The molecule has 1 aromatic heterocycles. The summed E-state index contributed by atoms with van der Waals surface area (Å²) in [7, 11) is 0. The van der Waals surface area contributed by atoms with Crippen LogP contribution >= 0.6 is 11.3 Å². The normalized spacial score (nSPS) is 18.0. The molecule has 0 saturated carbocycles. The molecule has 2 aliphatic rings. The highest BCUT2D eigenvalue weighted by molar-refractivity contribution is 7.12. The van der Waals surface area contributed by atoms with Crippen LogP contribution in [-0.2, 0) is 9.53 Å². The Morgan fingerprint density at radius 2 is 2.10 bits per heavy atom. The molecule has 21 heavy (non-hydrogen) atoms. The second-order valence-corrected chi connectivity index (χ2v) is 5.37. The van der Waals surface area contributed by atoms with Gasteiger partial charge in [-0.3, -0.25) is 0 Å². The van der Waals surface area contributed by atoms with Crippen molar-refractivity contribution in [2.45, 2.75) is 0 Å². The first-order valence-corrected chi connectivity index (χ1v) is 7.14. The van der Waals surface area contributed by atoms with Gasteiger partial charge in [-0.2, -0.15) is 0 Å². The van der Waals surface area contributed by atoms with Gasteiger partial charge in [0, 0.05) is 0 Å². The number of fused-ring (bicyclic) bond motifs is 1. The Balaban J connectivity index is 1.68. The zero-order valence-corrected chi connectivity index (χ0v) is 11.6. The quantitative estimate of drug-likeness (QED) is 0.632. The van der Waals surface area contributed by atoms with Crippen molar-refractivity contribution in [3.05, 3.63) is 51.8 Å². The van der Waals surface area contributed by atoms with Crippen molar-refractivity contribution in [1.29, 1.82) is 0 Å². The highest BCUT2D eigenvalue weighted by Gasteiger charge is 2.25. The van der Waals surface area contributed by atoms with Crippen LogP contribution in [0.3, 0.4) is 0 Å². The molecule has 0 fully saturated rings. The number of nitrogens with zero attached hydrogens (tertiary/aromatic N) is 1. The highest BCUT2D eigenvalue weighted by atomic mass is 32.1. The summed E-state index contributed by atoms with van der Waals surface area (Å²) >= 11 is 1.48. The molecule has 2 aromatic rings. The van der Waals surface area contributed by atoms with Crippen LogP contribution in [0.15, 0.2) is 46.4 Å². The summed E-state index contributed by atoms with van der Waals surface area (Å²) in [5.41, 5.74) is 1.08. The molecule has 5 nitrogen and oxygen atoms in total. The minimum Gasteiger partial charge on any atom is -0.454 e. The first-order chi connectivity index (χ1) is 10.3. The summed E-state index contributed by atoms with van der Waals surface area (Å²) in [6.07, 6.45) is 1.67. The van der Waals surface area contributed by atoms with Crippen LogP contribution in [0.1, 0.15) is 10.4 Å². The molecule has 6 heteroatoms. The zero-order valence-electron chi connectivity index (χ0n) is 10.7. The van der Waals surface area contributed by atoms with Gasteiger partial charge in [0.1, 0.15) is 0 Å². The number of rotatable bonds is 2. The topological polar surface area (TPSA) is 57.1 Å². The second kappa shape index (κ2) is 4.75. The van der Waals surface area contributed by atoms with Crippen molar-refractivity contribution >= 4 is 29.3 Å². The van der Waals surface area contributed by atoms with E-state index in [-0.39, 0.29) is 12.5 Å². The van der Waals surface area contributed by atoms with Gasteiger partial charge >= 0.3 is 5.97 Å². The summed E-state index contributed by atoms with van der Waals surface area (Å²) in [5, 5.41) is 1.91. The Kier molecular flexibility index (Phi) is 2.75. The van der Waals surface area contributed by atoms with E-state index < -0.39 is 5.97 Å². The molecule has 0 saturated heterocycles. The molecule has 0 unspecified atom stereocenters. The monoisotopic (exact) mass is 299 g/mol. The number of hydrogen-bond donors (Lipinski definition) is 0. The summed E-state index contributed by atoms with van der Waals surface area (Å²) in [5.74, 6) is 1.27. The van der Waals surface area contributed by atoms with Gasteiger partial charge in [0.15, 0.2) is 17.2 Å². The summed E-state index contributed by atoms with van der Waals surface area (Å²) in [6, 6.07) is 9.20. The fourth-order valence-corrected chi connectivity index (χ4v) is 2.72.